The summed E-state index contributed by atoms with van der Waals surface area (Å²) < 4.78 is 11.4. The second kappa shape index (κ2) is 9.59. The van der Waals surface area contributed by atoms with Crippen molar-refractivity contribution in [3.63, 3.8) is 0 Å². The van der Waals surface area contributed by atoms with Gasteiger partial charge in [0.05, 0.1) is 23.4 Å². The molecule has 8 heteroatoms. The third-order valence-electron chi connectivity index (χ3n) is 3.35. The molecule has 0 saturated carbocycles. The van der Waals surface area contributed by atoms with Gasteiger partial charge in [-0.2, -0.15) is 5.10 Å². The highest BCUT2D eigenvalue weighted by atomic mass is 35.5. The van der Waals surface area contributed by atoms with E-state index < -0.39 is 5.97 Å². The second-order valence-electron chi connectivity index (χ2n) is 5.48. The highest BCUT2D eigenvalue weighted by molar-refractivity contribution is 6.32. The molecule has 0 unspecified atom stereocenters. The summed E-state index contributed by atoms with van der Waals surface area (Å²) in [7, 11) is 0. The van der Waals surface area contributed by atoms with Crippen molar-refractivity contribution in [1.82, 2.24) is 5.43 Å². The molecule has 2 rings (SSSR count). The Morgan fingerprint density at radius 3 is 2.52 bits per heavy atom. The maximum absolute atomic E-state index is 10.9. The van der Waals surface area contributed by atoms with E-state index in [0.29, 0.717) is 28.7 Å². The van der Waals surface area contributed by atoms with E-state index in [1.54, 1.807) is 24.3 Å². The van der Waals surface area contributed by atoms with Gasteiger partial charge in [0, 0.05) is 6.92 Å². The fourth-order valence-corrected chi connectivity index (χ4v) is 2.44. The first-order valence-electron chi connectivity index (χ1n) is 8.11. The predicted octanol–water partition coefficient (Wildman–Crippen LogP) is 3.49. The first-order valence-corrected chi connectivity index (χ1v) is 8.49. The Morgan fingerprint density at radius 2 is 1.93 bits per heavy atom. The minimum absolute atomic E-state index is 0.193. The summed E-state index contributed by atoms with van der Waals surface area (Å²) in [6, 6.07) is 9.70. The highest BCUT2D eigenvalue weighted by Crippen LogP contribution is 2.37. The largest absolute Gasteiger partial charge is 0.490 e. The van der Waals surface area contributed by atoms with Crippen LogP contribution < -0.4 is 14.9 Å². The van der Waals surface area contributed by atoms with Gasteiger partial charge in [-0.05, 0) is 42.3 Å². The van der Waals surface area contributed by atoms with Crippen molar-refractivity contribution in [3.8, 4) is 11.5 Å². The van der Waals surface area contributed by atoms with E-state index in [2.05, 4.69) is 10.5 Å². The van der Waals surface area contributed by atoms with Crippen LogP contribution in [0.2, 0.25) is 5.02 Å². The van der Waals surface area contributed by atoms with Crippen LogP contribution in [0.5, 0.6) is 11.5 Å². The zero-order valence-corrected chi connectivity index (χ0v) is 15.6. The number of carboxylic acid groups (broad SMARTS) is 1. The van der Waals surface area contributed by atoms with Crippen LogP contribution in [0.1, 0.15) is 35.3 Å². The fraction of sp³-hybridized carbons (Fsp3) is 0.211. The molecule has 2 aromatic carbocycles. The predicted molar refractivity (Wildman–Crippen MR) is 102 cm³/mol. The minimum atomic E-state index is -0.985. The Bertz CT molecular complexity index is 850. The zero-order chi connectivity index (χ0) is 19.8. The molecule has 2 N–H and O–H groups in total. The lowest BCUT2D eigenvalue weighted by Gasteiger charge is -2.14. The number of halogens is 1. The van der Waals surface area contributed by atoms with Gasteiger partial charge in [0.15, 0.2) is 11.5 Å². The summed E-state index contributed by atoms with van der Waals surface area (Å²) >= 11 is 6.31. The van der Waals surface area contributed by atoms with Gasteiger partial charge >= 0.3 is 5.97 Å². The lowest BCUT2D eigenvalue weighted by atomic mass is 10.1. The quantitative estimate of drug-likeness (QED) is 0.531. The molecule has 0 spiro atoms. The number of rotatable bonds is 8. The number of ether oxygens (including phenoxy) is 2. The molecule has 0 aliphatic carbocycles. The normalized spacial score (nSPS) is 10.6. The third kappa shape index (κ3) is 6.00. The van der Waals surface area contributed by atoms with Crippen LogP contribution in [0, 0.1) is 0 Å². The summed E-state index contributed by atoms with van der Waals surface area (Å²) in [4.78, 5) is 21.8. The van der Waals surface area contributed by atoms with Crippen LogP contribution in [0.3, 0.4) is 0 Å². The fourth-order valence-electron chi connectivity index (χ4n) is 2.16. The number of carbonyl (C=O) groups is 2. The summed E-state index contributed by atoms with van der Waals surface area (Å²) in [5, 5.41) is 13.1. The molecule has 0 atom stereocenters. The van der Waals surface area contributed by atoms with Crippen molar-refractivity contribution < 1.29 is 24.2 Å². The molecule has 0 aliphatic heterocycles. The molecule has 2 aromatic rings. The van der Waals surface area contributed by atoms with Gasteiger partial charge in [0.1, 0.15) is 6.61 Å². The average Bonchev–Trinajstić information content (AvgIpc) is 2.61. The maximum atomic E-state index is 10.9. The van der Waals surface area contributed by atoms with Gasteiger partial charge in [-0.25, -0.2) is 10.2 Å². The average molecular weight is 391 g/mol. The Labute approximate surface area is 161 Å². The van der Waals surface area contributed by atoms with Gasteiger partial charge in [-0.3, -0.25) is 4.79 Å². The van der Waals surface area contributed by atoms with Gasteiger partial charge < -0.3 is 14.6 Å². The number of carbonyl (C=O) groups excluding carboxylic acids is 1. The van der Waals surface area contributed by atoms with Crippen molar-refractivity contribution >= 4 is 29.7 Å². The molecule has 1 amide bonds. The highest BCUT2D eigenvalue weighted by Gasteiger charge is 2.13. The number of nitrogens with zero attached hydrogens (tertiary/aromatic N) is 1. The van der Waals surface area contributed by atoms with E-state index in [-0.39, 0.29) is 18.1 Å². The topological polar surface area (TPSA) is 97.2 Å². The molecule has 0 bridgehead atoms. The van der Waals surface area contributed by atoms with Gasteiger partial charge in [-0.15, -0.1) is 0 Å². The Kier molecular flexibility index (Phi) is 7.19. The van der Waals surface area contributed by atoms with Crippen molar-refractivity contribution in [2.75, 3.05) is 6.61 Å². The number of hydrogen-bond donors (Lipinski definition) is 2. The number of hydrazone groups is 1. The van der Waals surface area contributed by atoms with Crippen molar-refractivity contribution in [1.29, 1.82) is 0 Å². The number of benzene rings is 2. The summed E-state index contributed by atoms with van der Waals surface area (Å²) in [6.07, 6.45) is 1.45. The molecule has 27 heavy (non-hydrogen) atoms. The standard InChI is InChI=1S/C19H19ClN2O5/c1-3-26-17-9-14(10-21-22-12(2)23)8-16(20)18(17)27-11-13-4-6-15(7-5-13)19(24)25/h4-10H,3,11H2,1-2H3,(H,22,23)(H,24,25)/b21-10+. The SMILES string of the molecule is CCOc1cc(/C=N/NC(C)=O)cc(Cl)c1OCc1ccc(C(=O)O)cc1. The van der Waals surface area contributed by atoms with E-state index in [0.717, 1.165) is 5.56 Å². The molecule has 0 aliphatic rings. The molecule has 0 aromatic heterocycles. The van der Waals surface area contributed by atoms with Gasteiger partial charge in [0.25, 0.3) is 0 Å². The lowest BCUT2D eigenvalue weighted by molar-refractivity contribution is -0.118. The minimum Gasteiger partial charge on any atom is -0.490 e. The Morgan fingerprint density at radius 1 is 1.22 bits per heavy atom. The molecule has 7 nitrogen and oxygen atoms in total. The lowest BCUT2D eigenvalue weighted by Crippen LogP contribution is -2.12. The molecule has 0 fully saturated rings. The Balaban J connectivity index is 2.18. The molecular formula is C19H19ClN2O5. The van der Waals surface area contributed by atoms with Crippen LogP contribution >= 0.6 is 11.6 Å². The van der Waals surface area contributed by atoms with Crippen LogP contribution in [0.25, 0.3) is 0 Å². The molecule has 142 valence electrons. The molecule has 0 saturated heterocycles. The summed E-state index contributed by atoms with van der Waals surface area (Å²) in [5.41, 5.74) is 3.94. The maximum Gasteiger partial charge on any atom is 0.335 e. The summed E-state index contributed by atoms with van der Waals surface area (Å²) in [5.74, 6) is -0.453. The van der Waals surface area contributed by atoms with Crippen LogP contribution in [-0.2, 0) is 11.4 Å². The van der Waals surface area contributed by atoms with Crippen LogP contribution in [0.4, 0.5) is 0 Å². The number of aromatic carboxylic acids is 1. The van der Waals surface area contributed by atoms with E-state index in [9.17, 15) is 9.59 Å². The van der Waals surface area contributed by atoms with E-state index in [1.165, 1.54) is 25.3 Å². The van der Waals surface area contributed by atoms with Gasteiger partial charge in [0.2, 0.25) is 5.91 Å². The van der Waals surface area contributed by atoms with Crippen molar-refractivity contribution in [2.45, 2.75) is 20.5 Å². The van der Waals surface area contributed by atoms with E-state index in [1.807, 2.05) is 6.92 Å². The van der Waals surface area contributed by atoms with Crippen molar-refractivity contribution in [2.24, 2.45) is 5.10 Å². The third-order valence-corrected chi connectivity index (χ3v) is 3.63. The van der Waals surface area contributed by atoms with E-state index in [4.69, 9.17) is 26.2 Å². The second-order valence-corrected chi connectivity index (χ2v) is 5.89. The smallest absolute Gasteiger partial charge is 0.335 e. The van der Waals surface area contributed by atoms with Crippen molar-refractivity contribution in [3.05, 3.63) is 58.1 Å². The summed E-state index contributed by atoms with van der Waals surface area (Å²) in [6.45, 7) is 3.79. The number of carboxylic acids is 1. The van der Waals surface area contributed by atoms with E-state index >= 15 is 0 Å². The number of nitrogens with one attached hydrogen (secondary N) is 1. The molecule has 0 heterocycles. The first kappa shape index (κ1) is 20.3. The zero-order valence-electron chi connectivity index (χ0n) is 14.9. The number of amides is 1. The molecule has 0 radical (unpaired) electrons. The Hall–Kier alpha value is -3.06. The van der Waals surface area contributed by atoms with Gasteiger partial charge in [-0.1, -0.05) is 23.7 Å². The van der Waals surface area contributed by atoms with Crippen LogP contribution in [-0.4, -0.2) is 29.8 Å². The monoisotopic (exact) mass is 390 g/mol. The first-order chi connectivity index (χ1) is 12.9. The van der Waals surface area contributed by atoms with Crippen LogP contribution in [0.15, 0.2) is 41.5 Å². The number of hydrogen-bond acceptors (Lipinski definition) is 5. The molecular weight excluding hydrogens is 372 g/mol.